The van der Waals surface area contributed by atoms with Gasteiger partial charge >= 0.3 is 5.97 Å². The average Bonchev–Trinajstić information content (AvgIpc) is 3.09. The Balaban J connectivity index is 1.82. The van der Waals surface area contributed by atoms with Crippen molar-refractivity contribution in [3.63, 3.8) is 0 Å². The van der Waals surface area contributed by atoms with Crippen molar-refractivity contribution in [3.8, 4) is 0 Å². The van der Waals surface area contributed by atoms with Crippen LogP contribution >= 0.6 is 0 Å². The minimum absolute atomic E-state index is 0.209. The summed E-state index contributed by atoms with van der Waals surface area (Å²) < 4.78 is 6.48. The number of methoxy groups -OCH3 is 1. The highest BCUT2D eigenvalue weighted by Gasteiger charge is 2.26. The summed E-state index contributed by atoms with van der Waals surface area (Å²) in [5.41, 5.74) is 0.967. The average molecular weight is 278 g/mol. The van der Waals surface area contributed by atoms with Crippen LogP contribution in [0.1, 0.15) is 13.3 Å². The molecule has 1 aliphatic heterocycles. The maximum Gasteiger partial charge on any atom is 0.328 e. The third kappa shape index (κ3) is 3.37. The second kappa shape index (κ2) is 6.23. The monoisotopic (exact) mass is 278 g/mol. The van der Waals surface area contributed by atoms with Gasteiger partial charge in [0.25, 0.3) is 0 Å². The number of rotatable bonds is 5. The Bertz CT molecular complexity index is 510. The summed E-state index contributed by atoms with van der Waals surface area (Å²) in [6, 6.07) is -0.993. The zero-order valence-corrected chi connectivity index (χ0v) is 11.5. The van der Waals surface area contributed by atoms with Gasteiger partial charge in [0.15, 0.2) is 0 Å². The van der Waals surface area contributed by atoms with E-state index in [1.165, 1.54) is 7.11 Å². The van der Waals surface area contributed by atoms with Gasteiger partial charge in [0.1, 0.15) is 12.1 Å². The third-order valence-electron chi connectivity index (χ3n) is 3.10. The van der Waals surface area contributed by atoms with E-state index >= 15 is 0 Å². The van der Waals surface area contributed by atoms with E-state index in [4.69, 9.17) is 0 Å². The van der Waals surface area contributed by atoms with Gasteiger partial charge in [-0.05, 0) is 13.3 Å². The number of hydrogen-bond acceptors (Lipinski definition) is 5. The molecule has 1 aromatic rings. The first-order valence-corrected chi connectivity index (χ1v) is 6.39. The van der Waals surface area contributed by atoms with Crippen molar-refractivity contribution in [2.75, 3.05) is 7.11 Å². The zero-order chi connectivity index (χ0) is 14.5. The molecule has 0 saturated heterocycles. The molecular weight excluding hydrogens is 260 g/mol. The lowest BCUT2D eigenvalue weighted by Crippen LogP contribution is -2.47. The van der Waals surface area contributed by atoms with Crippen LogP contribution in [0.15, 0.2) is 30.5 Å². The van der Waals surface area contributed by atoms with Crippen molar-refractivity contribution < 1.29 is 14.3 Å². The number of ether oxygens (including phenoxy) is 1. The van der Waals surface area contributed by atoms with Crippen molar-refractivity contribution in [1.82, 2.24) is 20.2 Å². The molecule has 2 N–H and O–H groups in total. The second-order valence-electron chi connectivity index (χ2n) is 4.65. The van der Waals surface area contributed by atoms with Crippen LogP contribution in [0.4, 0.5) is 0 Å². The van der Waals surface area contributed by atoms with Crippen molar-refractivity contribution in [3.05, 3.63) is 30.5 Å². The molecule has 0 radical (unpaired) electrons. The first-order valence-electron chi connectivity index (χ1n) is 6.39. The van der Waals surface area contributed by atoms with E-state index in [9.17, 15) is 9.59 Å². The Morgan fingerprint density at radius 2 is 2.45 bits per heavy atom. The van der Waals surface area contributed by atoms with Crippen LogP contribution in [-0.2, 0) is 20.9 Å². The molecule has 0 spiro atoms. The molecule has 1 aromatic heterocycles. The predicted octanol–water partition coefficient (Wildman–Crippen LogP) is -0.193. The molecule has 0 aromatic carbocycles. The fourth-order valence-electron chi connectivity index (χ4n) is 2.01. The molecule has 2 unspecified atom stereocenters. The Kier molecular flexibility index (Phi) is 4.39. The Hall–Kier alpha value is -2.31. The minimum atomic E-state index is -0.646. The van der Waals surface area contributed by atoms with Gasteiger partial charge < -0.3 is 19.9 Å². The molecular formula is C13H18N4O3. The summed E-state index contributed by atoms with van der Waals surface area (Å²) in [4.78, 5) is 27.2. The van der Waals surface area contributed by atoms with Crippen molar-refractivity contribution >= 4 is 11.9 Å². The van der Waals surface area contributed by atoms with E-state index in [2.05, 4.69) is 20.4 Å². The Labute approximate surface area is 117 Å². The minimum Gasteiger partial charge on any atom is -0.467 e. The number of carbonyl (C=O) groups is 2. The van der Waals surface area contributed by atoms with Crippen LogP contribution in [0.2, 0.25) is 0 Å². The second-order valence-corrected chi connectivity index (χ2v) is 4.65. The number of nitrogens with zero attached hydrogens (tertiary/aromatic N) is 2. The summed E-state index contributed by atoms with van der Waals surface area (Å²) in [5, 5.41) is 5.76. The number of amides is 1. The van der Waals surface area contributed by atoms with Crippen molar-refractivity contribution in [2.24, 2.45) is 0 Å². The lowest BCUT2D eigenvalue weighted by atomic mass is 10.2. The molecule has 0 aliphatic carbocycles. The molecule has 2 heterocycles. The number of carbonyl (C=O) groups excluding carboxylic acids is 2. The molecule has 2 rings (SSSR count). The van der Waals surface area contributed by atoms with Gasteiger partial charge in [-0.25, -0.2) is 9.78 Å². The topological polar surface area (TPSA) is 85.2 Å². The predicted molar refractivity (Wildman–Crippen MR) is 71.5 cm³/mol. The van der Waals surface area contributed by atoms with Gasteiger partial charge in [-0.2, -0.15) is 0 Å². The zero-order valence-electron chi connectivity index (χ0n) is 11.5. The smallest absolute Gasteiger partial charge is 0.328 e. The number of allylic oxidation sites excluding steroid dienone is 1. The van der Waals surface area contributed by atoms with E-state index in [1.54, 1.807) is 19.4 Å². The molecule has 2 atom stereocenters. The summed E-state index contributed by atoms with van der Waals surface area (Å²) in [5.74, 6) is -0.664. The summed E-state index contributed by atoms with van der Waals surface area (Å²) in [6.07, 6.45) is 7.86. The largest absolute Gasteiger partial charge is 0.467 e. The van der Waals surface area contributed by atoms with Gasteiger partial charge in [-0.15, -0.1) is 0 Å². The fourth-order valence-corrected chi connectivity index (χ4v) is 2.01. The van der Waals surface area contributed by atoms with Crippen LogP contribution in [0.25, 0.3) is 0 Å². The van der Waals surface area contributed by atoms with Crippen molar-refractivity contribution in [1.29, 1.82) is 0 Å². The van der Waals surface area contributed by atoms with Crippen molar-refractivity contribution in [2.45, 2.75) is 32.0 Å². The first-order chi connectivity index (χ1) is 9.60. The normalized spacial score (nSPS) is 18.9. The van der Waals surface area contributed by atoms with Crippen LogP contribution in [0.3, 0.4) is 0 Å². The Morgan fingerprint density at radius 3 is 3.10 bits per heavy atom. The summed E-state index contributed by atoms with van der Waals surface area (Å²) >= 11 is 0. The van der Waals surface area contributed by atoms with Gasteiger partial charge in [0.05, 0.1) is 20.0 Å². The van der Waals surface area contributed by atoms with Crippen LogP contribution < -0.4 is 10.6 Å². The lowest BCUT2D eigenvalue weighted by molar-refractivity contribution is -0.144. The molecule has 7 heteroatoms. The molecule has 1 aliphatic rings. The number of aromatic nitrogens is 2. The van der Waals surface area contributed by atoms with E-state index in [0.717, 1.165) is 5.70 Å². The molecule has 7 nitrogen and oxygen atoms in total. The summed E-state index contributed by atoms with van der Waals surface area (Å²) in [7, 11) is 1.30. The highest BCUT2D eigenvalue weighted by atomic mass is 16.5. The first kappa shape index (κ1) is 14.1. The van der Waals surface area contributed by atoms with Gasteiger partial charge in [0.2, 0.25) is 5.91 Å². The van der Waals surface area contributed by atoms with Crippen LogP contribution in [0, 0.1) is 0 Å². The maximum absolute atomic E-state index is 12.0. The Morgan fingerprint density at radius 1 is 1.65 bits per heavy atom. The maximum atomic E-state index is 12.0. The standard InChI is InChI=1S/C13H18N4O3/c1-9(13(19)20-2)15-12(18)11-4-3-10(16-11)7-17-6-5-14-8-17/h3,5-6,8-9,11,16H,4,7H2,1-2H3,(H,15,18). The lowest BCUT2D eigenvalue weighted by Gasteiger charge is -2.17. The van der Waals surface area contributed by atoms with Gasteiger partial charge in [-0.1, -0.05) is 6.08 Å². The SMILES string of the molecule is COC(=O)C(C)NC(=O)C1CC=C(Cn2ccnc2)N1. The molecule has 0 fully saturated rings. The van der Waals surface area contributed by atoms with E-state index < -0.39 is 12.0 Å². The quantitative estimate of drug-likeness (QED) is 0.729. The van der Waals surface area contributed by atoms with E-state index in [1.807, 2.05) is 16.8 Å². The van der Waals surface area contributed by atoms with Gasteiger partial charge in [0, 0.05) is 18.1 Å². The number of hydrogen-bond donors (Lipinski definition) is 2. The molecule has 0 bridgehead atoms. The van der Waals surface area contributed by atoms with Gasteiger partial charge in [-0.3, -0.25) is 4.79 Å². The summed E-state index contributed by atoms with van der Waals surface area (Å²) in [6.45, 7) is 2.24. The van der Waals surface area contributed by atoms with Crippen LogP contribution in [0.5, 0.6) is 0 Å². The van der Waals surface area contributed by atoms with E-state index in [0.29, 0.717) is 13.0 Å². The fraction of sp³-hybridized carbons (Fsp3) is 0.462. The van der Waals surface area contributed by atoms with Crippen LogP contribution in [-0.4, -0.2) is 40.6 Å². The molecule has 0 saturated carbocycles. The molecule has 108 valence electrons. The highest BCUT2D eigenvalue weighted by Crippen LogP contribution is 2.11. The molecule has 1 amide bonds. The third-order valence-corrected chi connectivity index (χ3v) is 3.10. The highest BCUT2D eigenvalue weighted by molar-refractivity contribution is 5.87. The van der Waals surface area contributed by atoms with E-state index in [-0.39, 0.29) is 11.9 Å². The number of nitrogens with one attached hydrogen (secondary N) is 2. The molecule has 20 heavy (non-hydrogen) atoms. The number of imidazole rings is 1. The number of esters is 1.